The van der Waals surface area contributed by atoms with Crippen molar-refractivity contribution >= 4 is 29.0 Å². The molecule has 1 aliphatic rings. The zero-order valence-corrected chi connectivity index (χ0v) is 20.3. The second-order valence-corrected chi connectivity index (χ2v) is 8.43. The van der Waals surface area contributed by atoms with Gasteiger partial charge in [0.1, 0.15) is 5.75 Å². The van der Waals surface area contributed by atoms with Gasteiger partial charge < -0.3 is 9.64 Å². The van der Waals surface area contributed by atoms with Crippen LogP contribution in [0.4, 0.5) is 11.4 Å². The first-order valence-electron chi connectivity index (χ1n) is 10.9. The van der Waals surface area contributed by atoms with Gasteiger partial charge in [0.25, 0.3) is 6.17 Å². The largest absolute Gasteiger partial charge is 0.496 e. The van der Waals surface area contributed by atoms with Crippen LogP contribution in [0.2, 0.25) is 0 Å². The van der Waals surface area contributed by atoms with E-state index in [1.54, 1.807) is 16.7 Å². The number of thioether (sulfide) groups is 1. The number of carbonyl (C=O) groups excluding carboxylic acids is 1. The van der Waals surface area contributed by atoms with Crippen molar-refractivity contribution in [1.29, 1.82) is 0 Å². The predicted molar refractivity (Wildman–Crippen MR) is 130 cm³/mol. The molecule has 9 heteroatoms. The van der Waals surface area contributed by atoms with Crippen LogP contribution in [0.25, 0.3) is 11.3 Å². The van der Waals surface area contributed by atoms with Gasteiger partial charge >= 0.3 is 11.3 Å². The van der Waals surface area contributed by atoms with E-state index in [1.807, 2.05) is 48.7 Å². The van der Waals surface area contributed by atoms with E-state index in [4.69, 9.17) is 9.84 Å². The minimum absolute atomic E-state index is 0.159. The molecule has 2 heterocycles. The lowest BCUT2D eigenvalue weighted by molar-refractivity contribution is -0.763. The molecule has 4 rings (SSSR count). The molecule has 0 fully saturated rings. The molecule has 1 aromatic heterocycles. The third-order valence-corrected chi connectivity index (χ3v) is 6.48. The SMILES string of the molecule is CCN(CC)c1ccc([C@H]2N(C(C)=O)c3ccccc3-c3c(=O)[nH]c(SC)n[n+]32)c(OC)c1. The van der Waals surface area contributed by atoms with Crippen molar-refractivity contribution in [3.05, 3.63) is 58.4 Å². The molecule has 33 heavy (non-hydrogen) atoms. The zero-order chi connectivity index (χ0) is 23.7. The first-order valence-corrected chi connectivity index (χ1v) is 12.1. The lowest BCUT2D eigenvalue weighted by Gasteiger charge is -2.32. The molecule has 8 nitrogen and oxygen atoms in total. The quantitative estimate of drug-likeness (QED) is 0.444. The number of methoxy groups -OCH3 is 1. The Morgan fingerprint density at radius 1 is 1.24 bits per heavy atom. The fraction of sp³-hybridized carbons (Fsp3) is 0.333. The molecule has 3 aromatic rings. The Hall–Kier alpha value is -3.33. The van der Waals surface area contributed by atoms with Crippen molar-refractivity contribution in [3.63, 3.8) is 0 Å². The minimum atomic E-state index is -0.679. The molecule has 0 saturated heterocycles. The lowest BCUT2D eigenvalue weighted by Crippen LogP contribution is -2.60. The van der Waals surface area contributed by atoms with E-state index < -0.39 is 6.17 Å². The Balaban J connectivity index is 2.03. The van der Waals surface area contributed by atoms with E-state index in [-0.39, 0.29) is 11.5 Å². The minimum Gasteiger partial charge on any atom is -0.496 e. The maximum Gasteiger partial charge on any atom is 0.325 e. The fourth-order valence-electron chi connectivity index (χ4n) is 4.38. The summed E-state index contributed by atoms with van der Waals surface area (Å²) in [6.07, 6.45) is 1.17. The molecule has 0 radical (unpaired) electrons. The van der Waals surface area contributed by atoms with Gasteiger partial charge in [-0.2, -0.15) is 0 Å². The molecule has 2 aromatic carbocycles. The Kier molecular flexibility index (Phi) is 6.42. The van der Waals surface area contributed by atoms with E-state index in [0.717, 1.165) is 24.3 Å². The fourth-order valence-corrected chi connectivity index (χ4v) is 4.75. The summed E-state index contributed by atoms with van der Waals surface area (Å²) in [4.78, 5) is 32.9. The number of para-hydroxylation sites is 1. The summed E-state index contributed by atoms with van der Waals surface area (Å²) in [5, 5.41) is 5.18. The van der Waals surface area contributed by atoms with Crippen molar-refractivity contribution in [3.8, 4) is 17.0 Å². The third-order valence-electron chi connectivity index (χ3n) is 5.91. The molecule has 1 amide bonds. The highest BCUT2D eigenvalue weighted by Gasteiger charge is 2.46. The number of H-pyrrole nitrogens is 1. The number of carbonyl (C=O) groups is 1. The number of aromatic amines is 1. The molecule has 0 saturated carbocycles. The van der Waals surface area contributed by atoms with Gasteiger partial charge in [0, 0.05) is 36.9 Å². The predicted octanol–water partition coefficient (Wildman–Crippen LogP) is 3.21. The zero-order valence-electron chi connectivity index (χ0n) is 19.5. The van der Waals surface area contributed by atoms with Crippen LogP contribution in [0, 0.1) is 0 Å². The van der Waals surface area contributed by atoms with Crippen LogP contribution in [-0.4, -0.2) is 42.4 Å². The van der Waals surface area contributed by atoms with Gasteiger partial charge in [-0.15, -0.1) is 0 Å². The second-order valence-electron chi connectivity index (χ2n) is 7.63. The van der Waals surface area contributed by atoms with Gasteiger partial charge in [0.05, 0.1) is 23.9 Å². The molecule has 1 aliphatic heterocycles. The highest BCUT2D eigenvalue weighted by molar-refractivity contribution is 7.98. The Labute approximate surface area is 197 Å². The van der Waals surface area contributed by atoms with Crippen molar-refractivity contribution in [2.45, 2.75) is 32.1 Å². The van der Waals surface area contributed by atoms with E-state index in [0.29, 0.717) is 27.9 Å². The number of nitrogens with zero attached hydrogens (tertiary/aromatic N) is 4. The van der Waals surface area contributed by atoms with Gasteiger partial charge in [-0.05, 0) is 49.1 Å². The summed E-state index contributed by atoms with van der Waals surface area (Å²) >= 11 is 1.34. The lowest BCUT2D eigenvalue weighted by atomic mass is 10.0. The number of benzene rings is 2. The average Bonchev–Trinajstić information content (AvgIpc) is 2.83. The first kappa shape index (κ1) is 22.8. The molecule has 1 atom stereocenters. The number of hydrogen-bond acceptors (Lipinski definition) is 6. The standard InChI is InChI=1S/C24H27N5O3S/c1-6-27(7-2)16-12-13-18(20(14-16)32-4)23-28(15(3)30)19-11-9-8-10-17(19)21-22(31)25-24(33-5)26-29(21)23/h8-14,23H,6-7H2,1-5H3/p+1/t23-/m0/s1. The Bertz CT molecular complexity index is 1260. The summed E-state index contributed by atoms with van der Waals surface area (Å²) in [7, 11) is 1.61. The highest BCUT2D eigenvalue weighted by atomic mass is 32.2. The second kappa shape index (κ2) is 9.27. The van der Waals surface area contributed by atoms with Crippen LogP contribution in [0.1, 0.15) is 32.5 Å². The number of ether oxygens (including phenoxy) is 1. The van der Waals surface area contributed by atoms with Crippen molar-refractivity contribution in [1.82, 2.24) is 10.1 Å². The van der Waals surface area contributed by atoms with Gasteiger partial charge in [0.2, 0.25) is 11.1 Å². The number of hydrogen-bond donors (Lipinski definition) is 1. The summed E-state index contributed by atoms with van der Waals surface area (Å²) < 4.78 is 7.44. The summed E-state index contributed by atoms with van der Waals surface area (Å²) in [6.45, 7) is 7.45. The van der Waals surface area contributed by atoms with Crippen molar-refractivity contribution in [2.75, 3.05) is 36.3 Å². The number of rotatable bonds is 6. The smallest absolute Gasteiger partial charge is 0.325 e. The molecule has 0 spiro atoms. The average molecular weight is 467 g/mol. The van der Waals surface area contributed by atoms with Crippen molar-refractivity contribution in [2.24, 2.45) is 0 Å². The van der Waals surface area contributed by atoms with Crippen LogP contribution >= 0.6 is 11.8 Å². The van der Waals surface area contributed by atoms with Crippen LogP contribution in [0.3, 0.4) is 0 Å². The summed E-state index contributed by atoms with van der Waals surface area (Å²) in [5.74, 6) is 0.467. The van der Waals surface area contributed by atoms with Crippen LogP contribution < -0.4 is 24.8 Å². The van der Waals surface area contributed by atoms with Gasteiger partial charge in [-0.3, -0.25) is 14.6 Å². The summed E-state index contributed by atoms with van der Waals surface area (Å²) in [6, 6.07) is 13.4. The Morgan fingerprint density at radius 2 is 1.97 bits per heavy atom. The molecule has 0 unspecified atom stereocenters. The highest BCUT2D eigenvalue weighted by Crippen LogP contribution is 2.40. The number of anilines is 2. The molecule has 172 valence electrons. The van der Waals surface area contributed by atoms with E-state index >= 15 is 0 Å². The topological polar surface area (TPSA) is 82.4 Å². The molecule has 0 aliphatic carbocycles. The number of aromatic nitrogens is 3. The van der Waals surface area contributed by atoms with Crippen LogP contribution in [-0.2, 0) is 4.79 Å². The number of nitrogens with one attached hydrogen (secondary N) is 1. The van der Waals surface area contributed by atoms with Crippen LogP contribution in [0.5, 0.6) is 5.75 Å². The Morgan fingerprint density at radius 3 is 2.61 bits per heavy atom. The molecule has 0 bridgehead atoms. The monoisotopic (exact) mass is 466 g/mol. The van der Waals surface area contributed by atoms with Crippen molar-refractivity contribution < 1.29 is 14.2 Å². The summed E-state index contributed by atoms with van der Waals surface area (Å²) in [5.41, 5.74) is 3.24. The number of fused-ring (bicyclic) bond motifs is 3. The third kappa shape index (κ3) is 3.86. The molecular weight excluding hydrogens is 438 g/mol. The molecule has 1 N–H and O–H groups in total. The van der Waals surface area contributed by atoms with E-state index in [2.05, 4.69) is 23.7 Å². The van der Waals surface area contributed by atoms with E-state index in [9.17, 15) is 9.59 Å². The van der Waals surface area contributed by atoms with Gasteiger partial charge in [0.15, 0.2) is 0 Å². The molecular formula is C24H28N5O3S+. The first-order chi connectivity index (χ1) is 15.9. The van der Waals surface area contributed by atoms with Gasteiger partial charge in [-0.25, -0.2) is 4.90 Å². The number of amides is 1. The van der Waals surface area contributed by atoms with Crippen LogP contribution in [0.15, 0.2) is 52.4 Å². The van der Waals surface area contributed by atoms with E-state index in [1.165, 1.54) is 18.7 Å². The maximum absolute atomic E-state index is 13.2. The normalized spacial score (nSPS) is 14.5. The van der Waals surface area contributed by atoms with Gasteiger partial charge in [-0.1, -0.05) is 23.9 Å². The maximum atomic E-state index is 13.2.